The second kappa shape index (κ2) is 8.06. The van der Waals surface area contributed by atoms with Gasteiger partial charge in [-0.3, -0.25) is 0 Å². The van der Waals surface area contributed by atoms with Crippen molar-refractivity contribution in [3.05, 3.63) is 48.1 Å². The number of hydrogen-bond donors (Lipinski definition) is 2. The first kappa shape index (κ1) is 15.9. The fraction of sp³-hybridized carbons (Fsp3) is 0.286. The average Bonchev–Trinajstić information content (AvgIpc) is 2.31. The van der Waals surface area contributed by atoms with Gasteiger partial charge in [0.05, 0.1) is 0 Å². The molecule has 0 rings (SSSR count). The molecule has 0 aromatic heterocycles. The summed E-state index contributed by atoms with van der Waals surface area (Å²) >= 11 is 0. The molecule has 0 spiro atoms. The molecule has 18 heavy (non-hydrogen) atoms. The highest BCUT2D eigenvalue weighted by molar-refractivity contribution is 5.87. The molecule has 4 nitrogen and oxygen atoms in total. The standard InChI is InChI=1S/C14H18O4/c1-4-5-8-12(14(17)18)9-6-7-10(2)11(3)13(15)16/h4-7,9-10H,3,8H2,1-2H3,(H,15,16)(H,17,18)/b5-4-,7-6-,12-9+. The number of allylic oxidation sites excluding steroid dienone is 5. The Hall–Kier alpha value is -2.10. The Morgan fingerprint density at radius 3 is 2.33 bits per heavy atom. The van der Waals surface area contributed by atoms with E-state index >= 15 is 0 Å². The molecular weight excluding hydrogens is 232 g/mol. The summed E-state index contributed by atoms with van der Waals surface area (Å²) < 4.78 is 0. The lowest BCUT2D eigenvalue weighted by Gasteiger charge is -2.04. The minimum atomic E-state index is -1.05. The molecule has 1 unspecified atom stereocenters. The van der Waals surface area contributed by atoms with Crippen LogP contribution in [0.4, 0.5) is 0 Å². The molecule has 0 fully saturated rings. The zero-order chi connectivity index (χ0) is 14.1. The number of aliphatic carboxylic acids is 2. The SMILES string of the molecule is C=C(C(=O)O)C(C)/C=C\C=C(/C/C=C\C)C(=O)O. The van der Waals surface area contributed by atoms with E-state index in [9.17, 15) is 9.59 Å². The monoisotopic (exact) mass is 250 g/mol. The van der Waals surface area contributed by atoms with Crippen LogP contribution in [0.1, 0.15) is 20.3 Å². The molecule has 0 saturated carbocycles. The van der Waals surface area contributed by atoms with E-state index in [0.29, 0.717) is 6.42 Å². The van der Waals surface area contributed by atoms with Crippen molar-refractivity contribution in [1.82, 2.24) is 0 Å². The van der Waals surface area contributed by atoms with Crippen LogP contribution in [0.25, 0.3) is 0 Å². The van der Waals surface area contributed by atoms with E-state index in [1.54, 1.807) is 31.2 Å². The highest BCUT2D eigenvalue weighted by Crippen LogP contribution is 2.11. The molecule has 0 bridgehead atoms. The minimum Gasteiger partial charge on any atom is -0.478 e. The molecular formula is C14H18O4. The second-order valence-corrected chi connectivity index (χ2v) is 3.77. The van der Waals surface area contributed by atoms with Crippen molar-refractivity contribution in [3.8, 4) is 0 Å². The largest absolute Gasteiger partial charge is 0.478 e. The lowest BCUT2D eigenvalue weighted by molar-refractivity contribution is -0.133. The fourth-order valence-electron chi connectivity index (χ4n) is 1.12. The smallest absolute Gasteiger partial charge is 0.331 e. The normalized spacial score (nSPS) is 14.0. The molecule has 0 saturated heterocycles. The molecule has 0 heterocycles. The van der Waals surface area contributed by atoms with Crippen molar-refractivity contribution < 1.29 is 19.8 Å². The Morgan fingerprint density at radius 1 is 1.28 bits per heavy atom. The topological polar surface area (TPSA) is 74.6 Å². The summed E-state index contributed by atoms with van der Waals surface area (Å²) in [7, 11) is 0. The van der Waals surface area contributed by atoms with E-state index in [-0.39, 0.29) is 17.1 Å². The van der Waals surface area contributed by atoms with Gasteiger partial charge in [0.15, 0.2) is 0 Å². The van der Waals surface area contributed by atoms with Crippen molar-refractivity contribution in [2.45, 2.75) is 20.3 Å². The second-order valence-electron chi connectivity index (χ2n) is 3.77. The maximum atomic E-state index is 10.9. The number of carboxylic acid groups (broad SMARTS) is 2. The van der Waals surface area contributed by atoms with Crippen LogP contribution in [0.3, 0.4) is 0 Å². The third kappa shape index (κ3) is 5.84. The van der Waals surface area contributed by atoms with E-state index in [1.807, 2.05) is 6.92 Å². The van der Waals surface area contributed by atoms with E-state index in [4.69, 9.17) is 10.2 Å². The molecule has 2 N–H and O–H groups in total. The molecule has 0 aliphatic carbocycles. The molecule has 0 aromatic carbocycles. The minimum absolute atomic E-state index is 0.0741. The lowest BCUT2D eigenvalue weighted by Crippen LogP contribution is -2.06. The van der Waals surface area contributed by atoms with Crippen molar-refractivity contribution in [2.24, 2.45) is 5.92 Å². The molecule has 0 radical (unpaired) electrons. The lowest BCUT2D eigenvalue weighted by atomic mass is 10.0. The van der Waals surface area contributed by atoms with Gasteiger partial charge in [0.2, 0.25) is 0 Å². The highest BCUT2D eigenvalue weighted by Gasteiger charge is 2.09. The Bertz CT molecular complexity index is 414. The van der Waals surface area contributed by atoms with E-state index in [2.05, 4.69) is 6.58 Å². The van der Waals surface area contributed by atoms with Gasteiger partial charge in [-0.15, -0.1) is 0 Å². The van der Waals surface area contributed by atoms with Gasteiger partial charge in [-0.25, -0.2) is 9.59 Å². The molecule has 0 aromatic rings. The molecule has 4 heteroatoms. The van der Waals surface area contributed by atoms with Gasteiger partial charge < -0.3 is 10.2 Å². The summed E-state index contributed by atoms with van der Waals surface area (Å²) in [5.41, 5.74) is 0.322. The number of rotatable bonds is 7. The van der Waals surface area contributed by atoms with Gasteiger partial charge in [-0.2, -0.15) is 0 Å². The van der Waals surface area contributed by atoms with Crippen LogP contribution in [-0.2, 0) is 9.59 Å². The van der Waals surface area contributed by atoms with Crippen LogP contribution >= 0.6 is 0 Å². The van der Waals surface area contributed by atoms with Gasteiger partial charge in [0.1, 0.15) is 0 Å². The number of carboxylic acids is 2. The van der Waals surface area contributed by atoms with Gasteiger partial charge >= 0.3 is 11.9 Å². The summed E-state index contributed by atoms with van der Waals surface area (Å²) in [5, 5.41) is 17.6. The van der Waals surface area contributed by atoms with Crippen molar-refractivity contribution in [1.29, 1.82) is 0 Å². The zero-order valence-electron chi connectivity index (χ0n) is 10.6. The Labute approximate surface area is 107 Å². The van der Waals surface area contributed by atoms with Crippen LogP contribution in [0, 0.1) is 5.92 Å². The van der Waals surface area contributed by atoms with Crippen molar-refractivity contribution in [2.75, 3.05) is 0 Å². The maximum Gasteiger partial charge on any atom is 0.331 e. The number of carbonyl (C=O) groups is 2. The molecule has 1 atom stereocenters. The van der Waals surface area contributed by atoms with Gasteiger partial charge in [-0.05, 0) is 13.3 Å². The first-order valence-electron chi connectivity index (χ1n) is 5.54. The molecule has 0 amide bonds. The van der Waals surface area contributed by atoms with Crippen LogP contribution in [0.15, 0.2) is 48.1 Å². The molecule has 98 valence electrons. The first-order valence-corrected chi connectivity index (χ1v) is 5.54. The molecule has 0 aliphatic rings. The van der Waals surface area contributed by atoms with Gasteiger partial charge in [0.25, 0.3) is 0 Å². The summed E-state index contributed by atoms with van der Waals surface area (Å²) in [6, 6.07) is 0. The van der Waals surface area contributed by atoms with Crippen molar-refractivity contribution in [3.63, 3.8) is 0 Å². The Kier molecular flexibility index (Phi) is 7.12. The van der Waals surface area contributed by atoms with Crippen molar-refractivity contribution >= 4 is 11.9 Å². The maximum absolute atomic E-state index is 10.9. The summed E-state index contributed by atoms with van der Waals surface area (Å²) in [6.45, 7) is 6.94. The van der Waals surface area contributed by atoms with E-state index < -0.39 is 11.9 Å². The highest BCUT2D eigenvalue weighted by atomic mass is 16.4. The van der Waals surface area contributed by atoms with Crippen LogP contribution in [-0.4, -0.2) is 22.2 Å². The Balaban J connectivity index is 4.70. The summed E-state index contributed by atoms with van der Waals surface area (Å²) in [5.74, 6) is -2.37. The fourth-order valence-corrected chi connectivity index (χ4v) is 1.12. The summed E-state index contributed by atoms with van der Waals surface area (Å²) in [6.07, 6.45) is 8.47. The first-order chi connectivity index (χ1) is 8.40. The van der Waals surface area contributed by atoms with Crippen LogP contribution in [0.5, 0.6) is 0 Å². The predicted octanol–water partition coefficient (Wildman–Crippen LogP) is 2.80. The van der Waals surface area contributed by atoms with Gasteiger partial charge in [-0.1, -0.05) is 43.9 Å². The predicted molar refractivity (Wildman–Crippen MR) is 70.2 cm³/mol. The van der Waals surface area contributed by atoms with E-state index in [1.165, 1.54) is 6.08 Å². The number of hydrogen-bond acceptors (Lipinski definition) is 2. The van der Waals surface area contributed by atoms with Gasteiger partial charge in [0, 0.05) is 17.1 Å². The quantitative estimate of drug-likeness (QED) is 0.414. The third-order valence-electron chi connectivity index (χ3n) is 2.37. The van der Waals surface area contributed by atoms with Crippen LogP contribution < -0.4 is 0 Å². The van der Waals surface area contributed by atoms with Crippen LogP contribution in [0.2, 0.25) is 0 Å². The summed E-state index contributed by atoms with van der Waals surface area (Å²) in [4.78, 5) is 21.5. The zero-order valence-corrected chi connectivity index (χ0v) is 10.6. The Morgan fingerprint density at radius 2 is 1.89 bits per heavy atom. The third-order valence-corrected chi connectivity index (χ3v) is 2.37. The van der Waals surface area contributed by atoms with E-state index in [0.717, 1.165) is 0 Å². The molecule has 0 aliphatic heterocycles. The average molecular weight is 250 g/mol.